The lowest BCUT2D eigenvalue weighted by Crippen LogP contribution is -1.97. The summed E-state index contributed by atoms with van der Waals surface area (Å²) in [6, 6.07) is 0. The van der Waals surface area contributed by atoms with Crippen LogP contribution < -0.4 is 0 Å². The second-order valence-corrected chi connectivity index (χ2v) is 2.18. The fourth-order valence-electron chi connectivity index (χ4n) is 0.878. The highest BCUT2D eigenvalue weighted by molar-refractivity contribution is 4.82. The third-order valence-corrected chi connectivity index (χ3v) is 1.44. The summed E-state index contributed by atoms with van der Waals surface area (Å²) in [7, 11) is 0. The van der Waals surface area contributed by atoms with Crippen LogP contribution in [-0.4, -0.2) is 23.9 Å². The zero-order valence-electron chi connectivity index (χ0n) is 5.13. The van der Waals surface area contributed by atoms with Crippen molar-refractivity contribution in [1.82, 2.24) is 0 Å². The van der Waals surface area contributed by atoms with Gasteiger partial charge in [0.05, 0.1) is 12.7 Å². The molecule has 2 nitrogen and oxygen atoms in total. The Morgan fingerprint density at radius 2 is 2.25 bits per heavy atom. The van der Waals surface area contributed by atoms with Crippen LogP contribution >= 0.6 is 0 Å². The molecule has 2 heteroatoms. The SMILES string of the molecule is CCC[C@@H]1O[C@H]1CO. The summed E-state index contributed by atoms with van der Waals surface area (Å²) in [5, 5.41) is 8.48. The molecule has 1 fully saturated rings. The molecule has 1 rings (SSSR count). The van der Waals surface area contributed by atoms with Gasteiger partial charge in [-0.05, 0) is 6.42 Å². The molecule has 1 aliphatic heterocycles. The summed E-state index contributed by atoms with van der Waals surface area (Å²) < 4.78 is 5.06. The highest BCUT2D eigenvalue weighted by Gasteiger charge is 2.36. The highest BCUT2D eigenvalue weighted by Crippen LogP contribution is 2.25. The molecule has 0 saturated carbocycles. The minimum atomic E-state index is 0.176. The first-order valence-electron chi connectivity index (χ1n) is 3.14. The van der Waals surface area contributed by atoms with E-state index in [1.165, 1.54) is 0 Å². The van der Waals surface area contributed by atoms with Crippen LogP contribution in [0.25, 0.3) is 0 Å². The van der Waals surface area contributed by atoms with Crippen LogP contribution in [0.1, 0.15) is 19.8 Å². The third kappa shape index (κ3) is 1.20. The van der Waals surface area contributed by atoms with Crippen molar-refractivity contribution < 1.29 is 9.84 Å². The minimum absolute atomic E-state index is 0.176. The van der Waals surface area contributed by atoms with Gasteiger partial charge in [-0.25, -0.2) is 0 Å². The summed E-state index contributed by atoms with van der Waals surface area (Å²) >= 11 is 0. The topological polar surface area (TPSA) is 32.8 Å². The van der Waals surface area contributed by atoms with Gasteiger partial charge in [-0.1, -0.05) is 13.3 Å². The lowest BCUT2D eigenvalue weighted by molar-refractivity contribution is 0.241. The van der Waals surface area contributed by atoms with Crippen LogP contribution in [0.4, 0.5) is 0 Å². The molecule has 0 aromatic carbocycles. The van der Waals surface area contributed by atoms with E-state index >= 15 is 0 Å². The number of aliphatic hydroxyl groups is 1. The van der Waals surface area contributed by atoms with Gasteiger partial charge in [-0.15, -0.1) is 0 Å². The molecule has 8 heavy (non-hydrogen) atoms. The molecule has 1 N–H and O–H groups in total. The molecule has 0 spiro atoms. The Morgan fingerprint density at radius 1 is 1.50 bits per heavy atom. The maximum Gasteiger partial charge on any atom is 0.107 e. The third-order valence-electron chi connectivity index (χ3n) is 1.44. The average molecular weight is 116 g/mol. The first-order chi connectivity index (χ1) is 3.88. The van der Waals surface area contributed by atoms with E-state index in [4.69, 9.17) is 9.84 Å². The zero-order valence-corrected chi connectivity index (χ0v) is 5.13. The molecule has 0 radical (unpaired) electrons. The summed E-state index contributed by atoms with van der Waals surface area (Å²) in [5.74, 6) is 0. The van der Waals surface area contributed by atoms with Crippen molar-refractivity contribution in [3.05, 3.63) is 0 Å². The van der Waals surface area contributed by atoms with Gasteiger partial charge in [0.1, 0.15) is 6.10 Å². The quantitative estimate of drug-likeness (QED) is 0.546. The Labute approximate surface area is 49.5 Å². The molecule has 0 aliphatic carbocycles. The Morgan fingerprint density at radius 3 is 2.62 bits per heavy atom. The molecule has 0 aromatic rings. The highest BCUT2D eigenvalue weighted by atomic mass is 16.6. The average Bonchev–Trinajstić information content (AvgIpc) is 2.48. The lowest BCUT2D eigenvalue weighted by atomic mass is 10.2. The van der Waals surface area contributed by atoms with Gasteiger partial charge in [-0.2, -0.15) is 0 Å². The molecular weight excluding hydrogens is 104 g/mol. The van der Waals surface area contributed by atoms with Crippen molar-refractivity contribution >= 4 is 0 Å². The monoisotopic (exact) mass is 116 g/mol. The first-order valence-corrected chi connectivity index (χ1v) is 3.14. The van der Waals surface area contributed by atoms with Gasteiger partial charge in [0.15, 0.2) is 0 Å². The number of hydrogen-bond donors (Lipinski definition) is 1. The van der Waals surface area contributed by atoms with Crippen molar-refractivity contribution in [3.63, 3.8) is 0 Å². The molecule has 1 aliphatic rings. The van der Waals surface area contributed by atoms with Gasteiger partial charge in [0.25, 0.3) is 0 Å². The Bertz CT molecular complexity index is 72.9. The number of rotatable bonds is 3. The van der Waals surface area contributed by atoms with Gasteiger partial charge in [0.2, 0.25) is 0 Å². The zero-order chi connectivity index (χ0) is 5.98. The van der Waals surface area contributed by atoms with E-state index in [9.17, 15) is 0 Å². The van der Waals surface area contributed by atoms with Crippen molar-refractivity contribution in [2.24, 2.45) is 0 Å². The molecule has 0 unspecified atom stereocenters. The maximum absolute atomic E-state index is 8.48. The van der Waals surface area contributed by atoms with Crippen molar-refractivity contribution in [2.75, 3.05) is 6.61 Å². The normalized spacial score (nSPS) is 35.2. The van der Waals surface area contributed by atoms with Crippen LogP contribution in [-0.2, 0) is 4.74 Å². The number of aliphatic hydroxyl groups excluding tert-OH is 1. The molecule has 1 heterocycles. The summed E-state index contributed by atoms with van der Waals surface area (Å²) in [6.45, 7) is 2.32. The number of ether oxygens (including phenoxy) is 1. The summed E-state index contributed by atoms with van der Waals surface area (Å²) in [6.07, 6.45) is 2.81. The van der Waals surface area contributed by atoms with E-state index in [0.717, 1.165) is 12.8 Å². The number of epoxide rings is 1. The Hall–Kier alpha value is -0.0800. The minimum Gasteiger partial charge on any atom is -0.394 e. The van der Waals surface area contributed by atoms with E-state index in [-0.39, 0.29) is 12.7 Å². The maximum atomic E-state index is 8.48. The Balaban J connectivity index is 1.99. The van der Waals surface area contributed by atoms with Crippen LogP contribution in [0.5, 0.6) is 0 Å². The summed E-state index contributed by atoms with van der Waals surface area (Å²) in [4.78, 5) is 0. The molecular formula is C6H12O2. The van der Waals surface area contributed by atoms with Crippen LogP contribution in [0.3, 0.4) is 0 Å². The molecule has 2 atom stereocenters. The fraction of sp³-hybridized carbons (Fsp3) is 1.00. The van der Waals surface area contributed by atoms with Crippen molar-refractivity contribution in [3.8, 4) is 0 Å². The standard InChI is InChI=1S/C6H12O2/c1-2-3-5-6(4-7)8-5/h5-7H,2-4H2,1H3/t5-,6-/m0/s1. The van der Waals surface area contributed by atoms with Crippen molar-refractivity contribution in [1.29, 1.82) is 0 Å². The van der Waals surface area contributed by atoms with E-state index < -0.39 is 0 Å². The molecule has 0 amide bonds. The molecule has 0 aromatic heterocycles. The van der Waals surface area contributed by atoms with Gasteiger partial charge in [0, 0.05) is 0 Å². The van der Waals surface area contributed by atoms with E-state index in [1.807, 2.05) is 0 Å². The Kier molecular flexibility index (Phi) is 1.86. The van der Waals surface area contributed by atoms with Crippen LogP contribution in [0.2, 0.25) is 0 Å². The second kappa shape index (κ2) is 2.46. The van der Waals surface area contributed by atoms with Crippen molar-refractivity contribution in [2.45, 2.75) is 32.0 Å². The largest absolute Gasteiger partial charge is 0.394 e. The number of hydrogen-bond acceptors (Lipinski definition) is 2. The second-order valence-electron chi connectivity index (χ2n) is 2.18. The van der Waals surface area contributed by atoms with Gasteiger partial charge in [-0.3, -0.25) is 0 Å². The molecule has 0 bridgehead atoms. The van der Waals surface area contributed by atoms with Gasteiger partial charge >= 0.3 is 0 Å². The van der Waals surface area contributed by atoms with E-state index in [2.05, 4.69) is 6.92 Å². The first kappa shape index (κ1) is 6.05. The van der Waals surface area contributed by atoms with Crippen LogP contribution in [0.15, 0.2) is 0 Å². The lowest BCUT2D eigenvalue weighted by Gasteiger charge is -1.84. The fourth-order valence-corrected chi connectivity index (χ4v) is 0.878. The van der Waals surface area contributed by atoms with Gasteiger partial charge < -0.3 is 9.84 Å². The summed E-state index contributed by atoms with van der Waals surface area (Å²) in [5.41, 5.74) is 0. The predicted molar refractivity (Wildman–Crippen MR) is 30.7 cm³/mol. The molecule has 1 saturated heterocycles. The molecule has 48 valence electrons. The van der Waals surface area contributed by atoms with E-state index in [1.54, 1.807) is 0 Å². The van der Waals surface area contributed by atoms with E-state index in [0.29, 0.717) is 6.10 Å². The predicted octanol–water partition coefficient (Wildman–Crippen LogP) is 0.546. The smallest absolute Gasteiger partial charge is 0.107 e. The van der Waals surface area contributed by atoms with Crippen LogP contribution in [0, 0.1) is 0 Å².